The van der Waals surface area contributed by atoms with Gasteiger partial charge in [0.05, 0.1) is 19.8 Å². The predicted molar refractivity (Wildman–Crippen MR) is 99.4 cm³/mol. The summed E-state index contributed by atoms with van der Waals surface area (Å²) < 4.78 is 16.5. The van der Waals surface area contributed by atoms with Gasteiger partial charge in [-0.2, -0.15) is 0 Å². The minimum atomic E-state index is 0.0445. The highest BCUT2D eigenvalue weighted by Gasteiger charge is 2.24. The number of ether oxygens (including phenoxy) is 3. The summed E-state index contributed by atoms with van der Waals surface area (Å²) in [5, 5.41) is 6.55. The zero-order valence-electron chi connectivity index (χ0n) is 15.9. The number of hydrogen-bond donors (Lipinski definition) is 2. The summed E-state index contributed by atoms with van der Waals surface area (Å²) >= 11 is 0. The van der Waals surface area contributed by atoms with E-state index in [0.717, 1.165) is 5.69 Å². The molecule has 0 radical (unpaired) electrons. The van der Waals surface area contributed by atoms with Crippen molar-refractivity contribution in [2.75, 3.05) is 39.7 Å². The SMILES string of the molecule is CCOc1cc(NC(=NC)NCC(OC)C(C)(C)C)ccc1OC. The molecule has 0 aromatic heterocycles. The zero-order chi connectivity index (χ0) is 18.2. The summed E-state index contributed by atoms with van der Waals surface area (Å²) in [4.78, 5) is 4.26. The van der Waals surface area contributed by atoms with Gasteiger partial charge >= 0.3 is 0 Å². The molecule has 1 atom stereocenters. The van der Waals surface area contributed by atoms with Crippen LogP contribution in [0, 0.1) is 5.41 Å². The van der Waals surface area contributed by atoms with E-state index in [9.17, 15) is 0 Å². The fourth-order valence-corrected chi connectivity index (χ4v) is 2.27. The number of hydrogen-bond acceptors (Lipinski definition) is 4. The number of methoxy groups -OCH3 is 2. The van der Waals surface area contributed by atoms with E-state index in [1.807, 2.05) is 25.1 Å². The molecule has 0 aliphatic heterocycles. The molecule has 6 nitrogen and oxygen atoms in total. The van der Waals surface area contributed by atoms with E-state index in [1.165, 1.54) is 0 Å². The second-order valence-corrected chi connectivity index (χ2v) is 6.47. The van der Waals surface area contributed by atoms with E-state index in [2.05, 4.69) is 36.4 Å². The highest BCUT2D eigenvalue weighted by molar-refractivity contribution is 5.93. The molecule has 1 aromatic rings. The number of nitrogens with zero attached hydrogens (tertiary/aromatic N) is 1. The quantitative estimate of drug-likeness (QED) is 0.591. The highest BCUT2D eigenvalue weighted by Crippen LogP contribution is 2.30. The van der Waals surface area contributed by atoms with Crippen molar-refractivity contribution in [3.05, 3.63) is 18.2 Å². The molecule has 1 aromatic carbocycles. The van der Waals surface area contributed by atoms with Crippen LogP contribution in [0.25, 0.3) is 0 Å². The molecule has 1 unspecified atom stereocenters. The normalized spacial score (nSPS) is 13.4. The van der Waals surface area contributed by atoms with Crippen LogP contribution in [0.3, 0.4) is 0 Å². The highest BCUT2D eigenvalue weighted by atomic mass is 16.5. The van der Waals surface area contributed by atoms with Gasteiger partial charge in [-0.05, 0) is 24.5 Å². The number of nitrogens with one attached hydrogen (secondary N) is 2. The van der Waals surface area contributed by atoms with Crippen LogP contribution < -0.4 is 20.1 Å². The van der Waals surface area contributed by atoms with Gasteiger partial charge in [0.25, 0.3) is 0 Å². The van der Waals surface area contributed by atoms with Gasteiger partial charge in [-0.1, -0.05) is 20.8 Å². The van der Waals surface area contributed by atoms with Crippen LogP contribution in [0.5, 0.6) is 11.5 Å². The topological polar surface area (TPSA) is 64.1 Å². The minimum Gasteiger partial charge on any atom is -0.493 e. The molecule has 0 saturated carbocycles. The molecule has 0 spiro atoms. The van der Waals surface area contributed by atoms with E-state index < -0.39 is 0 Å². The Morgan fingerprint density at radius 3 is 2.42 bits per heavy atom. The molecule has 0 heterocycles. The number of aliphatic imine (C=N–C) groups is 1. The molecule has 24 heavy (non-hydrogen) atoms. The first-order valence-corrected chi connectivity index (χ1v) is 8.17. The monoisotopic (exact) mass is 337 g/mol. The summed E-state index contributed by atoms with van der Waals surface area (Å²) in [5.74, 6) is 2.08. The first kappa shape index (κ1) is 20.1. The van der Waals surface area contributed by atoms with Gasteiger partial charge < -0.3 is 24.8 Å². The van der Waals surface area contributed by atoms with Crippen molar-refractivity contribution >= 4 is 11.6 Å². The van der Waals surface area contributed by atoms with Gasteiger partial charge in [0.2, 0.25) is 0 Å². The van der Waals surface area contributed by atoms with Gasteiger partial charge in [-0.15, -0.1) is 0 Å². The fourth-order valence-electron chi connectivity index (χ4n) is 2.27. The molecule has 0 amide bonds. The summed E-state index contributed by atoms with van der Waals surface area (Å²) in [6.45, 7) is 9.63. The lowest BCUT2D eigenvalue weighted by Gasteiger charge is -2.30. The summed E-state index contributed by atoms with van der Waals surface area (Å²) in [6, 6.07) is 5.69. The molecule has 0 aliphatic carbocycles. The van der Waals surface area contributed by atoms with Crippen molar-refractivity contribution in [3.63, 3.8) is 0 Å². The van der Waals surface area contributed by atoms with E-state index in [4.69, 9.17) is 14.2 Å². The van der Waals surface area contributed by atoms with E-state index in [0.29, 0.717) is 30.6 Å². The summed E-state index contributed by atoms with van der Waals surface area (Å²) in [5.41, 5.74) is 0.917. The molecule has 6 heteroatoms. The molecule has 0 bridgehead atoms. The van der Waals surface area contributed by atoms with Gasteiger partial charge in [-0.25, -0.2) is 0 Å². The van der Waals surface area contributed by atoms with Crippen LogP contribution in [0.15, 0.2) is 23.2 Å². The van der Waals surface area contributed by atoms with E-state index >= 15 is 0 Å². The van der Waals surface area contributed by atoms with Crippen LogP contribution >= 0.6 is 0 Å². The van der Waals surface area contributed by atoms with Gasteiger partial charge in [0.15, 0.2) is 17.5 Å². The van der Waals surface area contributed by atoms with Crippen molar-refractivity contribution in [1.29, 1.82) is 0 Å². The third kappa shape index (κ3) is 5.92. The Hall–Kier alpha value is -1.95. The third-order valence-corrected chi connectivity index (χ3v) is 3.66. The Balaban J connectivity index is 2.77. The molecule has 0 aliphatic rings. The summed E-state index contributed by atoms with van der Waals surface area (Å²) in [7, 11) is 5.09. The molecular weight excluding hydrogens is 306 g/mol. The van der Waals surface area contributed by atoms with Crippen molar-refractivity contribution in [1.82, 2.24) is 5.32 Å². The smallest absolute Gasteiger partial charge is 0.195 e. The molecular formula is C18H31N3O3. The Morgan fingerprint density at radius 1 is 1.21 bits per heavy atom. The second-order valence-electron chi connectivity index (χ2n) is 6.47. The lowest BCUT2D eigenvalue weighted by atomic mass is 9.89. The molecule has 0 fully saturated rings. The average molecular weight is 337 g/mol. The first-order valence-electron chi connectivity index (χ1n) is 8.17. The van der Waals surface area contributed by atoms with E-state index in [1.54, 1.807) is 21.3 Å². The van der Waals surface area contributed by atoms with Crippen molar-refractivity contribution in [2.24, 2.45) is 10.4 Å². The Kier molecular flexibility index (Phi) is 7.85. The van der Waals surface area contributed by atoms with Gasteiger partial charge in [0.1, 0.15) is 0 Å². The van der Waals surface area contributed by atoms with Gasteiger partial charge in [0, 0.05) is 32.5 Å². The summed E-state index contributed by atoms with van der Waals surface area (Å²) in [6.07, 6.45) is 0.0749. The van der Waals surface area contributed by atoms with E-state index in [-0.39, 0.29) is 11.5 Å². The molecule has 2 N–H and O–H groups in total. The maximum atomic E-state index is 5.60. The Labute approximate surface area is 145 Å². The number of guanidine groups is 1. The standard InChI is InChI=1S/C18H31N3O3/c1-8-24-15-11-13(9-10-14(15)22-6)21-17(19-5)20-12-16(23-7)18(2,3)4/h9-11,16H,8,12H2,1-7H3,(H2,19,20,21). The number of rotatable bonds is 7. The van der Waals surface area contributed by atoms with Crippen molar-refractivity contribution < 1.29 is 14.2 Å². The van der Waals surface area contributed by atoms with Crippen LogP contribution in [0.2, 0.25) is 0 Å². The first-order chi connectivity index (χ1) is 11.3. The number of benzene rings is 1. The van der Waals surface area contributed by atoms with Crippen LogP contribution in [0.4, 0.5) is 5.69 Å². The Morgan fingerprint density at radius 2 is 1.92 bits per heavy atom. The third-order valence-electron chi connectivity index (χ3n) is 3.66. The van der Waals surface area contributed by atoms with Crippen LogP contribution in [0.1, 0.15) is 27.7 Å². The second kappa shape index (κ2) is 9.37. The minimum absolute atomic E-state index is 0.0445. The molecule has 0 saturated heterocycles. The lowest BCUT2D eigenvalue weighted by Crippen LogP contribution is -2.42. The largest absolute Gasteiger partial charge is 0.493 e. The molecule has 136 valence electrons. The van der Waals surface area contributed by atoms with Crippen molar-refractivity contribution in [2.45, 2.75) is 33.8 Å². The van der Waals surface area contributed by atoms with Crippen LogP contribution in [-0.2, 0) is 4.74 Å². The Bertz CT molecular complexity index is 539. The maximum absolute atomic E-state index is 5.60. The maximum Gasteiger partial charge on any atom is 0.195 e. The lowest BCUT2D eigenvalue weighted by molar-refractivity contribution is 0.0206. The fraction of sp³-hybridized carbons (Fsp3) is 0.611. The average Bonchev–Trinajstić information content (AvgIpc) is 2.53. The molecule has 1 rings (SSSR count). The van der Waals surface area contributed by atoms with Gasteiger partial charge in [-0.3, -0.25) is 4.99 Å². The van der Waals surface area contributed by atoms with Crippen LogP contribution in [-0.4, -0.2) is 46.5 Å². The van der Waals surface area contributed by atoms with Crippen molar-refractivity contribution in [3.8, 4) is 11.5 Å². The number of anilines is 1. The zero-order valence-corrected chi connectivity index (χ0v) is 15.9. The predicted octanol–water partition coefficient (Wildman–Crippen LogP) is 3.14.